The third-order valence-corrected chi connectivity index (χ3v) is 10.5. The molecule has 0 aliphatic rings. The highest BCUT2D eigenvalue weighted by Gasteiger charge is 2.19. The van der Waals surface area contributed by atoms with Crippen LogP contribution in [0.25, 0.3) is 77.2 Å². The van der Waals surface area contributed by atoms with Gasteiger partial charge >= 0.3 is 0 Å². The van der Waals surface area contributed by atoms with Crippen LogP contribution in [0.15, 0.2) is 217 Å². The fraction of sp³-hybridized carbons (Fsp3) is 0. The largest absolute Gasteiger partial charge is 0.455 e. The summed E-state index contributed by atoms with van der Waals surface area (Å²) in [5.74, 6) is 0. The molecule has 10 rings (SSSR count). The summed E-state index contributed by atoms with van der Waals surface area (Å²) in [5.41, 5.74) is 14.5. The predicted octanol–water partition coefficient (Wildman–Crippen LogP) is 14.9. The van der Waals surface area contributed by atoms with Gasteiger partial charge in [0.25, 0.3) is 0 Å². The molecule has 0 bridgehead atoms. The molecule has 0 saturated heterocycles. The Morgan fingerprint density at radius 1 is 0.315 bits per heavy atom. The second-order valence-corrected chi connectivity index (χ2v) is 13.7. The Morgan fingerprint density at radius 2 is 0.852 bits per heavy atom. The van der Waals surface area contributed by atoms with E-state index in [1.54, 1.807) is 0 Å². The first-order chi connectivity index (χ1) is 26.8. The molecule has 0 amide bonds. The molecule has 54 heavy (non-hydrogen) atoms. The summed E-state index contributed by atoms with van der Waals surface area (Å²) in [7, 11) is 0. The van der Waals surface area contributed by atoms with Crippen molar-refractivity contribution in [2.75, 3.05) is 4.90 Å². The average molecular weight is 690 g/mol. The van der Waals surface area contributed by atoms with Gasteiger partial charge in [0.15, 0.2) is 0 Å². The summed E-state index contributed by atoms with van der Waals surface area (Å²) in [6, 6.07) is 75.9. The van der Waals surface area contributed by atoms with E-state index in [0.29, 0.717) is 0 Å². The highest BCUT2D eigenvalue weighted by Crippen LogP contribution is 2.43. The Hall–Kier alpha value is -7.16. The molecule has 0 fully saturated rings. The van der Waals surface area contributed by atoms with Gasteiger partial charge in [-0.1, -0.05) is 158 Å². The minimum absolute atomic E-state index is 0.892. The zero-order valence-corrected chi connectivity index (χ0v) is 29.6. The Labute approximate surface area is 314 Å². The summed E-state index contributed by atoms with van der Waals surface area (Å²) in [6.07, 6.45) is 0. The molecule has 10 aromatic rings. The first-order valence-corrected chi connectivity index (χ1v) is 18.4. The number of benzene rings is 9. The number of para-hydroxylation sites is 1. The summed E-state index contributed by atoms with van der Waals surface area (Å²) < 4.78 is 6.49. The van der Waals surface area contributed by atoms with Gasteiger partial charge in [0.2, 0.25) is 0 Å². The standard InChI is InChI=1S/C52H35NO/c1-3-12-36(13-4-1)38-22-28-44(29-23-38)53(45-30-24-39(25-31-45)42-18-11-17-41(34-42)37-14-5-2-6-15-37)50-21-10-9-19-46(50)43-27-33-51-49(35-43)48-32-26-40-16-7-8-20-47(40)52(48)54-51/h1-35H. The number of fused-ring (bicyclic) bond motifs is 5. The molecule has 2 heteroatoms. The molecule has 9 aromatic carbocycles. The van der Waals surface area contributed by atoms with Crippen molar-refractivity contribution in [1.29, 1.82) is 0 Å². The number of rotatable bonds is 7. The van der Waals surface area contributed by atoms with Crippen LogP contribution >= 0.6 is 0 Å². The predicted molar refractivity (Wildman–Crippen MR) is 228 cm³/mol. The number of hydrogen-bond acceptors (Lipinski definition) is 2. The van der Waals surface area contributed by atoms with E-state index < -0.39 is 0 Å². The third kappa shape index (κ3) is 5.71. The van der Waals surface area contributed by atoms with Gasteiger partial charge in [-0.25, -0.2) is 0 Å². The van der Waals surface area contributed by atoms with Crippen molar-refractivity contribution in [3.63, 3.8) is 0 Å². The van der Waals surface area contributed by atoms with E-state index in [-0.39, 0.29) is 0 Å². The first-order valence-electron chi connectivity index (χ1n) is 18.4. The van der Waals surface area contributed by atoms with Crippen LogP contribution in [0.1, 0.15) is 0 Å². The minimum Gasteiger partial charge on any atom is -0.455 e. The van der Waals surface area contributed by atoms with E-state index >= 15 is 0 Å². The molecule has 1 heterocycles. The smallest absolute Gasteiger partial charge is 0.143 e. The molecule has 0 aliphatic heterocycles. The van der Waals surface area contributed by atoms with Crippen molar-refractivity contribution < 1.29 is 4.42 Å². The molecular weight excluding hydrogens is 655 g/mol. The summed E-state index contributed by atoms with van der Waals surface area (Å²) in [5, 5.41) is 4.55. The molecule has 0 atom stereocenters. The van der Waals surface area contributed by atoms with Crippen LogP contribution in [-0.2, 0) is 0 Å². The lowest BCUT2D eigenvalue weighted by Crippen LogP contribution is -2.11. The number of furan rings is 1. The van der Waals surface area contributed by atoms with Gasteiger partial charge in [0, 0.05) is 33.1 Å². The van der Waals surface area contributed by atoms with Crippen LogP contribution in [0.3, 0.4) is 0 Å². The highest BCUT2D eigenvalue weighted by molar-refractivity contribution is 6.15. The van der Waals surface area contributed by atoms with E-state index in [1.807, 2.05) is 0 Å². The lowest BCUT2D eigenvalue weighted by molar-refractivity contribution is 0.672. The maximum absolute atomic E-state index is 6.49. The van der Waals surface area contributed by atoms with Gasteiger partial charge < -0.3 is 9.32 Å². The van der Waals surface area contributed by atoms with Gasteiger partial charge in [-0.3, -0.25) is 0 Å². The SMILES string of the molecule is c1ccc(-c2ccc(N(c3ccc(-c4cccc(-c5ccccc5)c4)cc3)c3ccccc3-c3ccc4oc5c6ccccc6ccc5c4c3)cc2)cc1. The second-order valence-electron chi connectivity index (χ2n) is 13.7. The van der Waals surface area contributed by atoms with Crippen molar-refractivity contribution in [2.45, 2.75) is 0 Å². The molecule has 2 nitrogen and oxygen atoms in total. The minimum atomic E-state index is 0.892. The Bertz CT molecular complexity index is 2910. The number of nitrogens with zero attached hydrogens (tertiary/aromatic N) is 1. The van der Waals surface area contributed by atoms with Crippen molar-refractivity contribution in [1.82, 2.24) is 0 Å². The summed E-state index contributed by atoms with van der Waals surface area (Å²) >= 11 is 0. The Morgan fingerprint density at radius 3 is 1.56 bits per heavy atom. The van der Waals surface area contributed by atoms with E-state index in [4.69, 9.17) is 4.42 Å². The highest BCUT2D eigenvalue weighted by atomic mass is 16.3. The van der Waals surface area contributed by atoms with Crippen molar-refractivity contribution in [3.05, 3.63) is 212 Å². The zero-order chi connectivity index (χ0) is 35.8. The fourth-order valence-corrected chi connectivity index (χ4v) is 7.76. The molecule has 0 spiro atoms. The Balaban J connectivity index is 1.09. The van der Waals surface area contributed by atoms with Crippen LogP contribution < -0.4 is 4.90 Å². The van der Waals surface area contributed by atoms with E-state index in [1.165, 1.54) is 38.8 Å². The lowest BCUT2D eigenvalue weighted by atomic mass is 9.97. The molecule has 1 aromatic heterocycles. The molecular formula is C52H35NO. The van der Waals surface area contributed by atoms with E-state index in [2.05, 4.69) is 217 Å². The zero-order valence-electron chi connectivity index (χ0n) is 29.6. The number of hydrogen-bond donors (Lipinski definition) is 0. The van der Waals surface area contributed by atoms with Crippen LogP contribution in [0.5, 0.6) is 0 Å². The van der Waals surface area contributed by atoms with E-state index in [0.717, 1.165) is 55.5 Å². The van der Waals surface area contributed by atoms with Crippen LogP contribution in [0, 0.1) is 0 Å². The van der Waals surface area contributed by atoms with Gasteiger partial charge in [0.05, 0.1) is 5.69 Å². The van der Waals surface area contributed by atoms with Crippen LogP contribution in [-0.4, -0.2) is 0 Å². The van der Waals surface area contributed by atoms with E-state index in [9.17, 15) is 0 Å². The van der Waals surface area contributed by atoms with Gasteiger partial charge in [-0.2, -0.15) is 0 Å². The van der Waals surface area contributed by atoms with Gasteiger partial charge in [-0.15, -0.1) is 0 Å². The summed E-state index contributed by atoms with van der Waals surface area (Å²) in [4.78, 5) is 2.37. The normalized spacial score (nSPS) is 11.3. The maximum atomic E-state index is 6.49. The first kappa shape index (κ1) is 31.6. The molecule has 0 aliphatic carbocycles. The summed E-state index contributed by atoms with van der Waals surface area (Å²) in [6.45, 7) is 0. The van der Waals surface area contributed by atoms with Crippen molar-refractivity contribution in [2.24, 2.45) is 0 Å². The van der Waals surface area contributed by atoms with Crippen molar-refractivity contribution >= 4 is 49.8 Å². The van der Waals surface area contributed by atoms with Crippen molar-refractivity contribution in [3.8, 4) is 44.5 Å². The maximum Gasteiger partial charge on any atom is 0.143 e. The van der Waals surface area contributed by atoms with Crippen LogP contribution in [0.2, 0.25) is 0 Å². The molecule has 0 N–H and O–H groups in total. The van der Waals surface area contributed by atoms with Gasteiger partial charge in [0.1, 0.15) is 11.2 Å². The van der Waals surface area contributed by atoms with Gasteiger partial charge in [-0.05, 0) is 98.9 Å². The quantitative estimate of drug-likeness (QED) is 0.166. The lowest BCUT2D eigenvalue weighted by Gasteiger charge is -2.28. The Kier molecular flexibility index (Phi) is 7.85. The fourth-order valence-electron chi connectivity index (χ4n) is 7.76. The molecule has 0 radical (unpaired) electrons. The number of anilines is 3. The average Bonchev–Trinajstić information content (AvgIpc) is 3.64. The molecule has 0 unspecified atom stereocenters. The molecule has 0 saturated carbocycles. The monoisotopic (exact) mass is 689 g/mol. The van der Waals surface area contributed by atoms with Crippen LogP contribution in [0.4, 0.5) is 17.1 Å². The second kappa shape index (κ2) is 13.4. The topological polar surface area (TPSA) is 16.4 Å². The molecule has 254 valence electrons. The third-order valence-electron chi connectivity index (χ3n) is 10.5.